The Morgan fingerprint density at radius 1 is 1.22 bits per heavy atom. The second-order valence-electron chi connectivity index (χ2n) is 5.85. The highest BCUT2D eigenvalue weighted by Crippen LogP contribution is 2.25. The summed E-state index contributed by atoms with van der Waals surface area (Å²) in [6.45, 7) is 4.79. The van der Waals surface area contributed by atoms with Gasteiger partial charge in [-0.1, -0.05) is 6.92 Å². The first-order chi connectivity index (χ1) is 11.1. The van der Waals surface area contributed by atoms with E-state index in [2.05, 4.69) is 15.5 Å². The minimum atomic E-state index is -0.486. The molecule has 1 aromatic carbocycles. The molecule has 0 bridgehead atoms. The summed E-state index contributed by atoms with van der Waals surface area (Å²) in [4.78, 5) is 25.7. The Hall–Kier alpha value is -2.24. The first-order valence-electron chi connectivity index (χ1n) is 8.31. The second kappa shape index (κ2) is 8.41. The predicted octanol–water partition coefficient (Wildman–Crippen LogP) is 1.71. The number of hydrogen-bond acceptors (Lipinski definition) is 4. The molecular weight excluding hydrogens is 292 g/mol. The zero-order valence-electron chi connectivity index (χ0n) is 13.7. The van der Waals surface area contributed by atoms with Crippen LogP contribution in [0.5, 0.6) is 0 Å². The molecule has 4 N–H and O–H groups in total. The molecule has 1 aliphatic rings. The molecule has 1 saturated heterocycles. The molecule has 0 aliphatic carbocycles. The summed E-state index contributed by atoms with van der Waals surface area (Å²) in [6, 6.07) is 5.63. The summed E-state index contributed by atoms with van der Waals surface area (Å²) in [5.74, 6) is -0.581. The largest absolute Gasteiger partial charge is 0.376 e. The highest BCUT2D eigenvalue weighted by molar-refractivity contribution is 6.00. The van der Waals surface area contributed by atoms with Crippen LogP contribution in [-0.4, -0.2) is 38.0 Å². The zero-order valence-corrected chi connectivity index (χ0v) is 13.7. The third-order valence-corrected chi connectivity index (χ3v) is 4.00. The average Bonchev–Trinajstić information content (AvgIpc) is 2.58. The highest BCUT2D eigenvalue weighted by atomic mass is 16.2. The van der Waals surface area contributed by atoms with Gasteiger partial charge >= 0.3 is 0 Å². The van der Waals surface area contributed by atoms with Crippen molar-refractivity contribution in [2.45, 2.75) is 32.6 Å². The number of hydrogen-bond donors (Lipinski definition) is 3. The Balaban J connectivity index is 2.07. The van der Waals surface area contributed by atoms with Crippen LogP contribution in [0, 0.1) is 0 Å². The van der Waals surface area contributed by atoms with E-state index in [1.165, 1.54) is 19.3 Å². The van der Waals surface area contributed by atoms with Gasteiger partial charge in [-0.3, -0.25) is 9.59 Å². The molecule has 0 atom stereocenters. The van der Waals surface area contributed by atoms with Gasteiger partial charge in [0.1, 0.15) is 0 Å². The fourth-order valence-corrected chi connectivity index (χ4v) is 2.74. The van der Waals surface area contributed by atoms with E-state index in [1.807, 2.05) is 25.1 Å². The van der Waals surface area contributed by atoms with Crippen LogP contribution in [0.4, 0.5) is 11.4 Å². The van der Waals surface area contributed by atoms with Crippen molar-refractivity contribution in [3.05, 3.63) is 23.8 Å². The number of anilines is 2. The molecule has 0 aromatic heterocycles. The molecule has 6 heteroatoms. The van der Waals surface area contributed by atoms with Gasteiger partial charge in [0.2, 0.25) is 5.91 Å². The van der Waals surface area contributed by atoms with Gasteiger partial charge < -0.3 is 21.3 Å². The van der Waals surface area contributed by atoms with Gasteiger partial charge in [0.05, 0.1) is 12.1 Å². The second-order valence-corrected chi connectivity index (χ2v) is 5.85. The Morgan fingerprint density at radius 2 is 1.96 bits per heavy atom. The van der Waals surface area contributed by atoms with E-state index in [1.54, 1.807) is 0 Å². The molecule has 2 rings (SSSR count). The summed E-state index contributed by atoms with van der Waals surface area (Å²) < 4.78 is 0. The molecule has 0 saturated carbocycles. The topological polar surface area (TPSA) is 87.5 Å². The summed E-state index contributed by atoms with van der Waals surface area (Å²) in [5, 5.41) is 5.79. The number of piperidine rings is 1. The van der Waals surface area contributed by atoms with Crippen molar-refractivity contribution in [3.8, 4) is 0 Å². The third-order valence-electron chi connectivity index (χ3n) is 4.00. The van der Waals surface area contributed by atoms with Crippen LogP contribution in [0.2, 0.25) is 0 Å². The number of benzene rings is 1. The molecule has 126 valence electrons. The minimum absolute atomic E-state index is 0.0950. The molecule has 0 radical (unpaired) electrons. The van der Waals surface area contributed by atoms with Crippen molar-refractivity contribution < 1.29 is 9.59 Å². The first kappa shape index (κ1) is 17.1. The van der Waals surface area contributed by atoms with Gasteiger partial charge in [0, 0.05) is 31.0 Å². The standard InChI is InChI=1S/C17H26N4O2/c1-2-8-19-16(22)12-20-15-7-6-13(11-14(15)17(18)23)21-9-4-3-5-10-21/h6-7,11,20H,2-5,8-10,12H2,1H3,(H2,18,23)(H,19,22). The van der Waals surface area contributed by atoms with Crippen LogP contribution in [0.25, 0.3) is 0 Å². The molecular formula is C17H26N4O2. The number of carbonyl (C=O) groups excluding carboxylic acids is 2. The molecule has 2 amide bonds. The lowest BCUT2D eigenvalue weighted by atomic mass is 10.1. The number of amides is 2. The molecule has 23 heavy (non-hydrogen) atoms. The lowest BCUT2D eigenvalue weighted by Crippen LogP contribution is -2.31. The van der Waals surface area contributed by atoms with E-state index >= 15 is 0 Å². The Bertz CT molecular complexity index is 554. The molecule has 6 nitrogen and oxygen atoms in total. The van der Waals surface area contributed by atoms with E-state index in [4.69, 9.17) is 5.73 Å². The smallest absolute Gasteiger partial charge is 0.250 e. The van der Waals surface area contributed by atoms with E-state index in [9.17, 15) is 9.59 Å². The lowest BCUT2D eigenvalue weighted by molar-refractivity contribution is -0.119. The number of nitrogens with zero attached hydrogens (tertiary/aromatic N) is 1. The fourth-order valence-electron chi connectivity index (χ4n) is 2.74. The third kappa shape index (κ3) is 4.87. The predicted molar refractivity (Wildman–Crippen MR) is 92.8 cm³/mol. The molecule has 1 heterocycles. The normalized spacial score (nSPS) is 14.4. The monoisotopic (exact) mass is 318 g/mol. The Labute approximate surface area is 137 Å². The van der Waals surface area contributed by atoms with Gasteiger partial charge in [0.25, 0.3) is 5.91 Å². The quantitative estimate of drug-likeness (QED) is 0.714. The molecule has 0 spiro atoms. The van der Waals surface area contributed by atoms with Gasteiger partial charge in [-0.25, -0.2) is 0 Å². The number of rotatable bonds is 7. The Kier molecular flexibility index (Phi) is 6.26. The van der Waals surface area contributed by atoms with Crippen molar-refractivity contribution in [2.24, 2.45) is 5.73 Å². The summed E-state index contributed by atoms with van der Waals surface area (Å²) >= 11 is 0. The van der Waals surface area contributed by atoms with Crippen molar-refractivity contribution in [1.29, 1.82) is 0 Å². The van der Waals surface area contributed by atoms with E-state index in [-0.39, 0.29) is 12.5 Å². The van der Waals surface area contributed by atoms with Crippen molar-refractivity contribution in [1.82, 2.24) is 5.32 Å². The van der Waals surface area contributed by atoms with E-state index in [0.29, 0.717) is 17.8 Å². The summed E-state index contributed by atoms with van der Waals surface area (Å²) in [6.07, 6.45) is 4.49. The van der Waals surface area contributed by atoms with E-state index in [0.717, 1.165) is 25.2 Å². The summed E-state index contributed by atoms with van der Waals surface area (Å²) in [5.41, 5.74) is 7.54. The zero-order chi connectivity index (χ0) is 16.7. The van der Waals surface area contributed by atoms with Crippen LogP contribution in [0.3, 0.4) is 0 Å². The first-order valence-corrected chi connectivity index (χ1v) is 8.31. The number of nitrogens with one attached hydrogen (secondary N) is 2. The highest BCUT2D eigenvalue weighted by Gasteiger charge is 2.15. The van der Waals surface area contributed by atoms with Crippen molar-refractivity contribution in [3.63, 3.8) is 0 Å². The average molecular weight is 318 g/mol. The number of primary amides is 1. The number of nitrogens with two attached hydrogens (primary N) is 1. The van der Waals surface area contributed by atoms with Gasteiger partial charge in [-0.15, -0.1) is 0 Å². The lowest BCUT2D eigenvalue weighted by Gasteiger charge is -2.29. The van der Waals surface area contributed by atoms with Crippen LogP contribution >= 0.6 is 0 Å². The maximum Gasteiger partial charge on any atom is 0.250 e. The van der Waals surface area contributed by atoms with E-state index < -0.39 is 5.91 Å². The van der Waals surface area contributed by atoms with Gasteiger partial charge in [-0.2, -0.15) is 0 Å². The minimum Gasteiger partial charge on any atom is -0.376 e. The summed E-state index contributed by atoms with van der Waals surface area (Å²) in [7, 11) is 0. The van der Waals surface area contributed by atoms with Gasteiger partial charge in [-0.05, 0) is 43.9 Å². The van der Waals surface area contributed by atoms with Crippen molar-refractivity contribution >= 4 is 23.2 Å². The fraction of sp³-hybridized carbons (Fsp3) is 0.529. The molecule has 1 aliphatic heterocycles. The Morgan fingerprint density at radius 3 is 2.61 bits per heavy atom. The molecule has 1 fully saturated rings. The number of carbonyl (C=O) groups is 2. The van der Waals surface area contributed by atoms with Crippen molar-refractivity contribution in [2.75, 3.05) is 36.4 Å². The SMILES string of the molecule is CCCNC(=O)CNc1ccc(N2CCCCC2)cc1C(N)=O. The molecule has 1 aromatic rings. The molecule has 0 unspecified atom stereocenters. The van der Waals surface area contributed by atoms with Crippen LogP contribution in [0.1, 0.15) is 43.0 Å². The van der Waals surface area contributed by atoms with Gasteiger partial charge in [0.15, 0.2) is 0 Å². The van der Waals surface area contributed by atoms with Crippen LogP contribution in [0.15, 0.2) is 18.2 Å². The maximum absolute atomic E-state index is 11.7. The maximum atomic E-state index is 11.7. The van der Waals surface area contributed by atoms with Crippen LogP contribution < -0.4 is 21.3 Å². The van der Waals surface area contributed by atoms with Crippen LogP contribution in [-0.2, 0) is 4.79 Å².